The van der Waals surface area contributed by atoms with Crippen LogP contribution in [0.5, 0.6) is 0 Å². The van der Waals surface area contributed by atoms with Gasteiger partial charge in [-0.15, -0.1) is 0 Å². The van der Waals surface area contributed by atoms with Crippen molar-refractivity contribution in [1.82, 2.24) is 9.62 Å². The van der Waals surface area contributed by atoms with Crippen molar-refractivity contribution in [3.63, 3.8) is 0 Å². The van der Waals surface area contributed by atoms with Gasteiger partial charge < -0.3 is 4.90 Å². The normalized spacial score (nSPS) is 27.4. The lowest BCUT2D eigenvalue weighted by atomic mass is 10.1. The molecule has 1 heterocycles. The summed E-state index contributed by atoms with van der Waals surface area (Å²) >= 11 is 0. The topological polar surface area (TPSA) is 49.4 Å². The highest BCUT2D eigenvalue weighted by molar-refractivity contribution is 7.89. The molecule has 1 fully saturated rings. The first-order chi connectivity index (χ1) is 7.48. The van der Waals surface area contributed by atoms with E-state index in [2.05, 4.69) is 23.5 Å². The second-order valence-electron chi connectivity index (χ2n) is 4.73. The maximum absolute atomic E-state index is 11.8. The van der Waals surface area contributed by atoms with Crippen LogP contribution < -0.4 is 4.72 Å². The van der Waals surface area contributed by atoms with Crippen LogP contribution in [0.25, 0.3) is 0 Å². The Morgan fingerprint density at radius 2 is 2.00 bits per heavy atom. The van der Waals surface area contributed by atoms with E-state index in [-0.39, 0.29) is 11.8 Å². The molecule has 0 spiro atoms. The molecule has 0 saturated carbocycles. The highest BCUT2D eigenvalue weighted by Gasteiger charge is 2.31. The highest BCUT2D eigenvalue weighted by atomic mass is 32.2. The smallest absolute Gasteiger partial charge is 0.211 e. The second-order valence-corrected chi connectivity index (χ2v) is 6.60. The van der Waals surface area contributed by atoms with Crippen molar-refractivity contribution in [2.24, 2.45) is 5.92 Å². The van der Waals surface area contributed by atoms with Gasteiger partial charge in [-0.05, 0) is 18.9 Å². The Balaban J connectivity index is 2.48. The SMILES string of the molecule is CCCCS(=O)(=O)NC1CN(CC)CC1C. The molecule has 1 aliphatic heterocycles. The summed E-state index contributed by atoms with van der Waals surface area (Å²) in [5.41, 5.74) is 0. The van der Waals surface area contributed by atoms with Crippen LogP contribution >= 0.6 is 0 Å². The molecule has 0 aromatic heterocycles. The predicted molar refractivity (Wildman–Crippen MR) is 66.9 cm³/mol. The number of rotatable bonds is 6. The summed E-state index contributed by atoms with van der Waals surface area (Å²) in [6, 6.07) is 0.0989. The zero-order valence-electron chi connectivity index (χ0n) is 10.6. The van der Waals surface area contributed by atoms with E-state index in [9.17, 15) is 8.42 Å². The zero-order chi connectivity index (χ0) is 12.2. The van der Waals surface area contributed by atoms with Crippen molar-refractivity contribution in [3.05, 3.63) is 0 Å². The van der Waals surface area contributed by atoms with Crippen molar-refractivity contribution >= 4 is 10.0 Å². The lowest BCUT2D eigenvalue weighted by Crippen LogP contribution is -2.40. The van der Waals surface area contributed by atoms with E-state index in [1.165, 1.54) is 0 Å². The van der Waals surface area contributed by atoms with Crippen LogP contribution in [0.4, 0.5) is 0 Å². The molecule has 0 bridgehead atoms. The summed E-state index contributed by atoms with van der Waals surface area (Å²) < 4.78 is 26.3. The fraction of sp³-hybridized carbons (Fsp3) is 1.00. The third-order valence-corrected chi connectivity index (χ3v) is 4.72. The minimum Gasteiger partial charge on any atom is -0.302 e. The van der Waals surface area contributed by atoms with Gasteiger partial charge in [0.25, 0.3) is 0 Å². The molecule has 1 aliphatic rings. The minimum atomic E-state index is -3.07. The summed E-state index contributed by atoms with van der Waals surface area (Å²) in [6.07, 6.45) is 1.66. The molecule has 1 rings (SSSR count). The van der Waals surface area contributed by atoms with Gasteiger partial charge in [0.05, 0.1) is 5.75 Å². The summed E-state index contributed by atoms with van der Waals surface area (Å²) in [5, 5.41) is 0. The fourth-order valence-corrected chi connectivity index (χ4v) is 3.66. The zero-order valence-corrected chi connectivity index (χ0v) is 11.4. The Morgan fingerprint density at radius 1 is 1.31 bits per heavy atom. The first kappa shape index (κ1) is 13.9. The van der Waals surface area contributed by atoms with Gasteiger partial charge in [0, 0.05) is 19.1 Å². The molecule has 5 heteroatoms. The van der Waals surface area contributed by atoms with E-state index < -0.39 is 10.0 Å². The largest absolute Gasteiger partial charge is 0.302 e. The molecule has 0 aliphatic carbocycles. The average Bonchev–Trinajstić information content (AvgIpc) is 2.56. The minimum absolute atomic E-state index is 0.0989. The number of sulfonamides is 1. The number of hydrogen-bond donors (Lipinski definition) is 1. The number of likely N-dealkylation sites (tertiary alicyclic amines) is 1. The number of unbranched alkanes of at least 4 members (excludes halogenated alkanes) is 1. The van der Waals surface area contributed by atoms with Crippen molar-refractivity contribution in [2.75, 3.05) is 25.4 Å². The van der Waals surface area contributed by atoms with Gasteiger partial charge in [0.15, 0.2) is 0 Å². The maximum Gasteiger partial charge on any atom is 0.211 e. The van der Waals surface area contributed by atoms with Gasteiger partial charge in [-0.2, -0.15) is 0 Å². The molecule has 2 atom stereocenters. The first-order valence-electron chi connectivity index (χ1n) is 6.20. The Kier molecular flexibility index (Phi) is 5.21. The van der Waals surface area contributed by atoms with Crippen LogP contribution in [0, 0.1) is 5.92 Å². The summed E-state index contributed by atoms with van der Waals surface area (Å²) in [7, 11) is -3.07. The Hall–Kier alpha value is -0.130. The van der Waals surface area contributed by atoms with Crippen LogP contribution in [0.1, 0.15) is 33.6 Å². The molecule has 1 N–H and O–H groups in total. The van der Waals surface area contributed by atoms with Crippen molar-refractivity contribution < 1.29 is 8.42 Å². The number of hydrogen-bond acceptors (Lipinski definition) is 3. The van der Waals surface area contributed by atoms with Crippen LogP contribution in [-0.4, -0.2) is 44.7 Å². The summed E-state index contributed by atoms with van der Waals surface area (Å²) in [4.78, 5) is 2.29. The quantitative estimate of drug-likeness (QED) is 0.764. The van der Waals surface area contributed by atoms with E-state index in [1.54, 1.807) is 0 Å². The molecule has 4 nitrogen and oxygen atoms in total. The van der Waals surface area contributed by atoms with E-state index >= 15 is 0 Å². The van der Waals surface area contributed by atoms with E-state index in [0.717, 1.165) is 32.5 Å². The predicted octanol–water partition coefficient (Wildman–Crippen LogP) is 1.05. The third-order valence-electron chi connectivity index (χ3n) is 3.23. The lowest BCUT2D eigenvalue weighted by Gasteiger charge is -2.16. The first-order valence-corrected chi connectivity index (χ1v) is 7.86. The van der Waals surface area contributed by atoms with Crippen LogP contribution in [0.2, 0.25) is 0 Å². The van der Waals surface area contributed by atoms with Gasteiger partial charge in [-0.1, -0.05) is 27.2 Å². The summed E-state index contributed by atoms with van der Waals surface area (Å²) in [5.74, 6) is 0.676. The fourth-order valence-electron chi connectivity index (χ4n) is 2.10. The average molecular weight is 248 g/mol. The molecule has 96 valence electrons. The van der Waals surface area contributed by atoms with E-state index in [1.807, 2.05) is 6.92 Å². The van der Waals surface area contributed by atoms with Crippen LogP contribution in [0.15, 0.2) is 0 Å². The Bertz CT molecular complexity index is 303. The standard InChI is InChI=1S/C11H24N2O2S/c1-4-6-7-16(14,15)12-11-9-13(5-2)8-10(11)3/h10-12H,4-9H2,1-3H3. The van der Waals surface area contributed by atoms with Gasteiger partial charge in [0.2, 0.25) is 10.0 Å². The summed E-state index contributed by atoms with van der Waals surface area (Å²) in [6.45, 7) is 9.08. The van der Waals surface area contributed by atoms with Gasteiger partial charge in [-0.3, -0.25) is 0 Å². The van der Waals surface area contributed by atoms with Crippen molar-refractivity contribution in [1.29, 1.82) is 0 Å². The number of nitrogens with zero attached hydrogens (tertiary/aromatic N) is 1. The molecule has 0 radical (unpaired) electrons. The molecule has 2 unspecified atom stereocenters. The Morgan fingerprint density at radius 3 is 2.50 bits per heavy atom. The molecule has 16 heavy (non-hydrogen) atoms. The Labute approximate surface area is 99.5 Å². The highest BCUT2D eigenvalue weighted by Crippen LogP contribution is 2.16. The monoisotopic (exact) mass is 248 g/mol. The van der Waals surface area contributed by atoms with E-state index in [4.69, 9.17) is 0 Å². The van der Waals surface area contributed by atoms with Crippen LogP contribution in [-0.2, 0) is 10.0 Å². The number of nitrogens with one attached hydrogen (secondary N) is 1. The molecule has 0 aromatic rings. The van der Waals surface area contributed by atoms with Crippen LogP contribution in [0.3, 0.4) is 0 Å². The lowest BCUT2D eigenvalue weighted by molar-refractivity contribution is 0.344. The molecule has 0 aromatic carbocycles. The number of likely N-dealkylation sites (N-methyl/N-ethyl adjacent to an activating group) is 1. The molecule has 1 saturated heterocycles. The molecular weight excluding hydrogens is 224 g/mol. The van der Waals surface area contributed by atoms with Gasteiger partial charge >= 0.3 is 0 Å². The molecular formula is C11H24N2O2S. The van der Waals surface area contributed by atoms with Crippen molar-refractivity contribution in [3.8, 4) is 0 Å². The molecule has 0 amide bonds. The second kappa shape index (κ2) is 5.98. The van der Waals surface area contributed by atoms with Gasteiger partial charge in [0.1, 0.15) is 0 Å². The van der Waals surface area contributed by atoms with Crippen molar-refractivity contribution in [2.45, 2.75) is 39.7 Å². The van der Waals surface area contributed by atoms with E-state index in [0.29, 0.717) is 5.92 Å². The third kappa shape index (κ3) is 4.03. The van der Waals surface area contributed by atoms with Gasteiger partial charge in [-0.25, -0.2) is 13.1 Å². The maximum atomic E-state index is 11.8.